The van der Waals surface area contributed by atoms with E-state index < -0.39 is 0 Å². The zero-order valence-electron chi connectivity index (χ0n) is 4.90. The van der Waals surface area contributed by atoms with E-state index in [4.69, 9.17) is 0 Å². The summed E-state index contributed by atoms with van der Waals surface area (Å²) < 4.78 is 0. The first-order chi connectivity index (χ1) is 2.50. The van der Waals surface area contributed by atoms with E-state index in [1.165, 1.54) is 0 Å². The zero-order valence-corrected chi connectivity index (χ0v) is 11.1. The molecule has 0 aromatic rings. The van der Waals surface area contributed by atoms with E-state index in [0.29, 0.717) is 0 Å². The third-order valence-corrected chi connectivity index (χ3v) is 0.586. The summed E-state index contributed by atoms with van der Waals surface area (Å²) in [6.07, 6.45) is 10.0. The van der Waals surface area contributed by atoms with Crippen molar-refractivity contribution in [3.05, 3.63) is 24.3 Å². The van der Waals surface area contributed by atoms with E-state index in [-0.39, 0.29) is 72.0 Å². The fraction of sp³-hybridized carbons (Fsp3) is 0.200. The minimum atomic E-state index is 0. The summed E-state index contributed by atoms with van der Waals surface area (Å²) in [5, 5.41) is 0. The van der Waals surface area contributed by atoms with Crippen LogP contribution in [0.1, 0.15) is 6.42 Å². The van der Waals surface area contributed by atoms with Crippen LogP contribution >= 0.6 is 0 Å². The summed E-state index contributed by atoms with van der Waals surface area (Å²) in [6, 6.07) is 0. The van der Waals surface area contributed by atoms with Gasteiger partial charge in [0.2, 0.25) is 0 Å². The van der Waals surface area contributed by atoms with Gasteiger partial charge in [-0.3, -0.25) is 6.08 Å². The smallest absolute Gasteiger partial charge is 1.00 e. The molecular weight excluding hydrogens is 383 g/mol. The van der Waals surface area contributed by atoms with Crippen LogP contribution in [0.5, 0.6) is 0 Å². The molecular formula is C5H5Cl4Ta. The van der Waals surface area contributed by atoms with Gasteiger partial charge in [0, 0.05) is 0 Å². The van der Waals surface area contributed by atoms with Gasteiger partial charge in [0.1, 0.15) is 0 Å². The van der Waals surface area contributed by atoms with E-state index in [1.807, 2.05) is 12.2 Å². The van der Waals surface area contributed by atoms with Crippen molar-refractivity contribution in [2.24, 2.45) is 0 Å². The van der Waals surface area contributed by atoms with Gasteiger partial charge in [-0.05, 0) is 0 Å². The molecule has 58 valence electrons. The minimum Gasteiger partial charge on any atom is -1.00 e. The largest absolute Gasteiger partial charge is 5.00 e. The van der Waals surface area contributed by atoms with Gasteiger partial charge in [-0.15, -0.1) is 6.42 Å². The number of rotatable bonds is 0. The second-order valence-electron chi connectivity index (χ2n) is 1.00. The molecule has 0 radical (unpaired) electrons. The van der Waals surface area contributed by atoms with Crippen LogP contribution in [0.15, 0.2) is 18.2 Å². The second kappa shape index (κ2) is 22.4. The average Bonchev–Trinajstić information content (AvgIpc) is 1.76. The molecule has 0 aromatic heterocycles. The van der Waals surface area contributed by atoms with E-state index in [0.717, 1.165) is 6.42 Å². The Morgan fingerprint density at radius 3 is 1.60 bits per heavy atom. The Hall–Kier alpha value is 1.38. The monoisotopic (exact) mass is 386 g/mol. The van der Waals surface area contributed by atoms with Gasteiger partial charge >= 0.3 is 22.4 Å². The van der Waals surface area contributed by atoms with Crippen molar-refractivity contribution in [2.75, 3.05) is 0 Å². The number of halogens is 4. The Morgan fingerprint density at radius 2 is 1.50 bits per heavy atom. The number of hydrogen-bond acceptors (Lipinski definition) is 0. The third-order valence-electron chi connectivity index (χ3n) is 0.586. The number of allylic oxidation sites excluding steroid dienone is 4. The molecule has 0 heterocycles. The number of hydrogen-bond donors (Lipinski definition) is 0. The maximum absolute atomic E-state index is 2.99. The average molecular weight is 388 g/mol. The van der Waals surface area contributed by atoms with Crippen LogP contribution in [0.3, 0.4) is 0 Å². The molecule has 0 aromatic carbocycles. The van der Waals surface area contributed by atoms with Crippen molar-refractivity contribution in [1.29, 1.82) is 0 Å². The molecule has 1 rings (SSSR count). The van der Waals surface area contributed by atoms with Gasteiger partial charge in [0.15, 0.2) is 0 Å². The van der Waals surface area contributed by atoms with Crippen LogP contribution in [0.2, 0.25) is 0 Å². The molecule has 0 fully saturated rings. The summed E-state index contributed by atoms with van der Waals surface area (Å²) in [6.45, 7) is 0. The van der Waals surface area contributed by atoms with Gasteiger partial charge in [-0.1, -0.05) is 0 Å². The Labute approximate surface area is 102 Å². The topological polar surface area (TPSA) is 0 Å². The van der Waals surface area contributed by atoms with Crippen molar-refractivity contribution in [3.63, 3.8) is 0 Å². The molecule has 5 heteroatoms. The molecule has 0 unspecified atom stereocenters. The Balaban J connectivity index is -0.0000000167. The summed E-state index contributed by atoms with van der Waals surface area (Å²) >= 11 is 0. The standard InChI is InChI=1S/C5H5.4ClH.Ta/c1-2-4-5-3-1;;;;;/h1-3H,4H2;4*1H;/q-1;;;;;+5/p-4. The molecule has 10 heavy (non-hydrogen) atoms. The summed E-state index contributed by atoms with van der Waals surface area (Å²) in [4.78, 5) is 0. The van der Waals surface area contributed by atoms with Crippen LogP contribution < -0.4 is 49.6 Å². The van der Waals surface area contributed by atoms with Gasteiger partial charge in [0.05, 0.1) is 0 Å². The fourth-order valence-electron chi connectivity index (χ4n) is 0.340. The van der Waals surface area contributed by atoms with Gasteiger partial charge in [-0.25, -0.2) is 12.2 Å². The predicted octanol–water partition coefficient (Wildman–Crippen LogP) is -10.7. The first-order valence-corrected chi connectivity index (χ1v) is 1.72. The van der Waals surface area contributed by atoms with Crippen LogP contribution in [0.4, 0.5) is 0 Å². The molecule has 1 aliphatic carbocycles. The normalized spacial score (nSPS) is 8.80. The van der Waals surface area contributed by atoms with Crippen LogP contribution in [0.25, 0.3) is 0 Å². The van der Waals surface area contributed by atoms with Gasteiger partial charge in [-0.2, -0.15) is 6.08 Å². The van der Waals surface area contributed by atoms with E-state index in [9.17, 15) is 0 Å². The van der Waals surface area contributed by atoms with E-state index >= 15 is 0 Å². The Kier molecular flexibility index (Phi) is 67.6. The maximum Gasteiger partial charge on any atom is 5.00 e. The second-order valence-corrected chi connectivity index (χ2v) is 1.00. The van der Waals surface area contributed by atoms with Crippen LogP contribution in [0, 0.1) is 6.08 Å². The first kappa shape index (κ1) is 30.1. The van der Waals surface area contributed by atoms with Crippen molar-refractivity contribution in [3.8, 4) is 0 Å². The molecule has 0 amide bonds. The SMILES string of the molecule is [C-]1=CC=CC1.[Cl-].[Cl-].[Cl-].[Cl-].[Ta+5]. The maximum atomic E-state index is 2.99. The van der Waals surface area contributed by atoms with Crippen molar-refractivity contribution in [2.45, 2.75) is 6.42 Å². The minimum absolute atomic E-state index is 0. The first-order valence-electron chi connectivity index (χ1n) is 1.72. The Bertz CT molecular complexity index is 71.7. The summed E-state index contributed by atoms with van der Waals surface area (Å²) in [5.74, 6) is 0. The van der Waals surface area contributed by atoms with E-state index in [1.54, 1.807) is 0 Å². The molecule has 0 bridgehead atoms. The quantitative estimate of drug-likeness (QED) is 0.362. The zero-order chi connectivity index (χ0) is 3.54. The Morgan fingerprint density at radius 1 is 1.00 bits per heavy atom. The molecule has 0 atom stereocenters. The molecule has 0 spiro atoms. The molecule has 0 nitrogen and oxygen atoms in total. The summed E-state index contributed by atoms with van der Waals surface area (Å²) in [7, 11) is 0. The van der Waals surface area contributed by atoms with Crippen molar-refractivity contribution >= 4 is 0 Å². The predicted molar refractivity (Wildman–Crippen MR) is 21.6 cm³/mol. The summed E-state index contributed by atoms with van der Waals surface area (Å²) in [5.41, 5.74) is 0. The van der Waals surface area contributed by atoms with Crippen molar-refractivity contribution < 1.29 is 72.0 Å². The van der Waals surface area contributed by atoms with Gasteiger partial charge in [0.25, 0.3) is 0 Å². The van der Waals surface area contributed by atoms with Crippen LogP contribution in [-0.4, -0.2) is 0 Å². The molecule has 0 N–H and O–H groups in total. The molecule has 0 aliphatic heterocycles. The molecule has 1 aliphatic rings. The van der Waals surface area contributed by atoms with Crippen molar-refractivity contribution in [1.82, 2.24) is 0 Å². The molecule has 0 saturated carbocycles. The fourth-order valence-corrected chi connectivity index (χ4v) is 0.340. The van der Waals surface area contributed by atoms with Gasteiger partial charge < -0.3 is 49.6 Å². The molecule has 0 saturated heterocycles. The van der Waals surface area contributed by atoms with E-state index in [2.05, 4.69) is 12.2 Å². The van der Waals surface area contributed by atoms with Crippen LogP contribution in [-0.2, 0) is 22.4 Å². The third kappa shape index (κ3) is 16.2.